The lowest BCUT2D eigenvalue weighted by Gasteiger charge is -2.12. The van der Waals surface area contributed by atoms with Crippen molar-refractivity contribution in [2.75, 3.05) is 6.54 Å². The van der Waals surface area contributed by atoms with Gasteiger partial charge in [0.25, 0.3) is 0 Å². The van der Waals surface area contributed by atoms with E-state index in [9.17, 15) is 9.18 Å². The number of nitrogens with two attached hydrogens (primary N) is 1. The molecule has 4 heteroatoms. The maximum atomic E-state index is 13.3. The molecule has 1 rings (SSSR count). The van der Waals surface area contributed by atoms with Gasteiger partial charge in [-0.05, 0) is 12.5 Å². The third kappa shape index (κ3) is 2.83. The molecule has 0 bridgehead atoms. The zero-order valence-corrected chi connectivity index (χ0v) is 8.74. The van der Waals surface area contributed by atoms with E-state index in [1.54, 1.807) is 0 Å². The van der Waals surface area contributed by atoms with Gasteiger partial charge in [0.1, 0.15) is 0 Å². The maximum absolute atomic E-state index is 13.3. The Morgan fingerprint density at radius 3 is 2.93 bits per heavy atom. The fourth-order valence-corrected chi connectivity index (χ4v) is 1.50. The summed E-state index contributed by atoms with van der Waals surface area (Å²) < 4.78 is 13.3. The van der Waals surface area contributed by atoms with Crippen LogP contribution in [0.2, 0.25) is 0 Å². The van der Waals surface area contributed by atoms with E-state index in [4.69, 9.17) is 5.73 Å². The van der Waals surface area contributed by atoms with Crippen LogP contribution < -0.4 is 5.73 Å². The smallest absolute Gasteiger partial charge is 0.170 e. The summed E-state index contributed by atoms with van der Waals surface area (Å²) in [5.74, 6) is -1.08. The molecule has 0 aliphatic carbocycles. The van der Waals surface area contributed by atoms with Crippen molar-refractivity contribution in [3.8, 4) is 0 Å². The van der Waals surface area contributed by atoms with Gasteiger partial charge in [0.05, 0.1) is 11.8 Å². The van der Waals surface area contributed by atoms with E-state index in [2.05, 4.69) is 4.98 Å². The predicted molar refractivity (Wildman–Crippen MR) is 56.0 cm³/mol. The van der Waals surface area contributed by atoms with Gasteiger partial charge >= 0.3 is 0 Å². The Labute approximate surface area is 88.5 Å². The second-order valence-electron chi connectivity index (χ2n) is 3.44. The molecule has 0 spiro atoms. The van der Waals surface area contributed by atoms with E-state index in [0.717, 1.165) is 12.6 Å². The van der Waals surface area contributed by atoms with Crippen molar-refractivity contribution in [1.29, 1.82) is 0 Å². The third-order valence-corrected chi connectivity index (χ3v) is 2.33. The molecule has 0 saturated carbocycles. The normalized spacial score (nSPS) is 12.5. The molecule has 0 amide bonds. The highest BCUT2D eigenvalue weighted by Crippen LogP contribution is 2.15. The van der Waals surface area contributed by atoms with Gasteiger partial charge in [0.15, 0.2) is 11.6 Å². The summed E-state index contributed by atoms with van der Waals surface area (Å²) in [6.45, 7) is 2.23. The van der Waals surface area contributed by atoms with Crippen molar-refractivity contribution in [2.45, 2.75) is 19.8 Å². The average molecular weight is 210 g/mol. The Morgan fingerprint density at radius 1 is 1.67 bits per heavy atom. The maximum Gasteiger partial charge on any atom is 0.170 e. The molecule has 0 aromatic carbocycles. The Balaban J connectivity index is 2.88. The Hall–Kier alpha value is -1.29. The summed E-state index contributed by atoms with van der Waals surface area (Å²) in [5.41, 5.74) is 5.58. The van der Waals surface area contributed by atoms with Crippen LogP contribution in [0.4, 0.5) is 4.39 Å². The highest BCUT2D eigenvalue weighted by Gasteiger charge is 2.20. The molecule has 15 heavy (non-hydrogen) atoms. The molecule has 0 aliphatic rings. The summed E-state index contributed by atoms with van der Waals surface area (Å²) in [6.07, 6.45) is 4.01. The lowest BCUT2D eigenvalue weighted by atomic mass is 9.94. The molecule has 1 heterocycles. The van der Waals surface area contributed by atoms with Gasteiger partial charge in [-0.3, -0.25) is 9.78 Å². The van der Waals surface area contributed by atoms with Crippen LogP contribution in [0.25, 0.3) is 0 Å². The van der Waals surface area contributed by atoms with Crippen molar-refractivity contribution in [1.82, 2.24) is 4.98 Å². The number of aromatic nitrogens is 1. The van der Waals surface area contributed by atoms with Crippen molar-refractivity contribution in [2.24, 2.45) is 11.7 Å². The van der Waals surface area contributed by atoms with Crippen molar-refractivity contribution in [3.63, 3.8) is 0 Å². The van der Waals surface area contributed by atoms with Gasteiger partial charge in [-0.2, -0.15) is 0 Å². The first-order valence-electron chi connectivity index (χ1n) is 5.04. The van der Waals surface area contributed by atoms with E-state index < -0.39 is 5.82 Å². The van der Waals surface area contributed by atoms with Gasteiger partial charge in [0, 0.05) is 18.7 Å². The van der Waals surface area contributed by atoms with Crippen LogP contribution in [0.5, 0.6) is 0 Å². The second-order valence-corrected chi connectivity index (χ2v) is 3.44. The molecule has 1 atom stereocenters. The number of halogens is 1. The van der Waals surface area contributed by atoms with Gasteiger partial charge in [-0.15, -0.1) is 0 Å². The largest absolute Gasteiger partial charge is 0.330 e. The predicted octanol–water partition coefficient (Wildman–Crippen LogP) is 1.78. The highest BCUT2D eigenvalue weighted by atomic mass is 19.1. The van der Waals surface area contributed by atoms with Gasteiger partial charge in [0.2, 0.25) is 0 Å². The topological polar surface area (TPSA) is 56.0 Å². The molecular weight excluding hydrogens is 195 g/mol. The number of carbonyl (C=O) groups excluding carboxylic acids is 1. The minimum atomic E-state index is -0.572. The SMILES string of the molecule is CCCC(CN)C(=O)c1ccncc1F. The van der Waals surface area contributed by atoms with Gasteiger partial charge in [-0.25, -0.2) is 4.39 Å². The standard InChI is InChI=1S/C11H15FN2O/c1-2-3-8(6-13)11(15)9-4-5-14-7-10(9)12/h4-5,7-8H,2-3,6,13H2,1H3. The highest BCUT2D eigenvalue weighted by molar-refractivity contribution is 5.98. The molecular formula is C11H15FN2O. The van der Waals surface area contributed by atoms with Crippen LogP contribution in [0.1, 0.15) is 30.1 Å². The third-order valence-electron chi connectivity index (χ3n) is 2.33. The number of pyridine rings is 1. The summed E-state index contributed by atoms with van der Waals surface area (Å²) in [4.78, 5) is 15.4. The lowest BCUT2D eigenvalue weighted by Crippen LogP contribution is -2.24. The van der Waals surface area contributed by atoms with E-state index in [0.29, 0.717) is 6.42 Å². The summed E-state index contributed by atoms with van der Waals surface area (Å²) >= 11 is 0. The molecule has 0 radical (unpaired) electrons. The minimum Gasteiger partial charge on any atom is -0.330 e. The molecule has 2 N–H and O–H groups in total. The first-order chi connectivity index (χ1) is 7.20. The number of nitrogens with zero attached hydrogens (tertiary/aromatic N) is 1. The molecule has 1 aromatic rings. The van der Waals surface area contributed by atoms with Crippen LogP contribution in [0.15, 0.2) is 18.5 Å². The molecule has 1 unspecified atom stereocenters. The lowest BCUT2D eigenvalue weighted by molar-refractivity contribution is 0.0913. The molecule has 0 aliphatic heterocycles. The zero-order chi connectivity index (χ0) is 11.3. The van der Waals surface area contributed by atoms with Crippen LogP contribution in [-0.2, 0) is 0 Å². The zero-order valence-electron chi connectivity index (χ0n) is 8.74. The van der Waals surface area contributed by atoms with Crippen molar-refractivity contribution >= 4 is 5.78 Å². The molecule has 0 fully saturated rings. The summed E-state index contributed by atoms with van der Waals surface area (Å²) in [6, 6.07) is 1.40. The van der Waals surface area contributed by atoms with Gasteiger partial charge in [-0.1, -0.05) is 13.3 Å². The molecule has 1 aromatic heterocycles. The first-order valence-corrected chi connectivity index (χ1v) is 5.04. The Kier molecular flexibility index (Phi) is 4.37. The molecule has 3 nitrogen and oxygen atoms in total. The molecule has 0 saturated heterocycles. The Bertz CT molecular complexity index is 341. The number of Topliss-reactive ketones (excluding diaryl/α,β-unsaturated/α-hetero) is 1. The number of ketones is 1. The fraction of sp³-hybridized carbons (Fsp3) is 0.455. The van der Waals surface area contributed by atoms with E-state index >= 15 is 0 Å². The average Bonchev–Trinajstić information content (AvgIpc) is 2.25. The van der Waals surface area contributed by atoms with E-state index in [-0.39, 0.29) is 23.8 Å². The fourth-order valence-electron chi connectivity index (χ4n) is 1.50. The van der Waals surface area contributed by atoms with Crippen LogP contribution in [0.3, 0.4) is 0 Å². The minimum absolute atomic E-state index is 0.0916. The first kappa shape index (κ1) is 11.8. The van der Waals surface area contributed by atoms with Crippen molar-refractivity contribution < 1.29 is 9.18 Å². The summed E-state index contributed by atoms with van der Waals surface area (Å²) in [5, 5.41) is 0. The number of hydrogen-bond donors (Lipinski definition) is 1. The van der Waals surface area contributed by atoms with E-state index in [1.165, 1.54) is 12.3 Å². The van der Waals surface area contributed by atoms with Crippen molar-refractivity contribution in [3.05, 3.63) is 29.8 Å². The monoisotopic (exact) mass is 210 g/mol. The van der Waals surface area contributed by atoms with Crippen LogP contribution >= 0.6 is 0 Å². The molecule has 82 valence electrons. The summed E-state index contributed by atoms with van der Waals surface area (Å²) in [7, 11) is 0. The van der Waals surface area contributed by atoms with E-state index in [1.807, 2.05) is 6.92 Å². The Morgan fingerprint density at radius 2 is 2.40 bits per heavy atom. The van der Waals surface area contributed by atoms with Gasteiger partial charge < -0.3 is 5.73 Å². The van der Waals surface area contributed by atoms with Crippen LogP contribution in [-0.4, -0.2) is 17.3 Å². The number of hydrogen-bond acceptors (Lipinski definition) is 3. The second kappa shape index (κ2) is 5.56. The number of rotatable bonds is 5. The van der Waals surface area contributed by atoms with Crippen LogP contribution in [0, 0.1) is 11.7 Å². The quantitative estimate of drug-likeness (QED) is 0.753. The number of carbonyl (C=O) groups is 1.